The molecule has 1 saturated carbocycles. The number of primary amides is 1. The summed E-state index contributed by atoms with van der Waals surface area (Å²) in [5, 5.41) is 7.36. The second-order valence-electron chi connectivity index (χ2n) is 4.94. The number of rotatable bonds is 5. The molecule has 1 heterocycles. The van der Waals surface area contributed by atoms with Gasteiger partial charge in [0.2, 0.25) is 0 Å². The van der Waals surface area contributed by atoms with Crippen LogP contribution in [-0.2, 0) is 6.54 Å². The van der Waals surface area contributed by atoms with Gasteiger partial charge in [-0.3, -0.25) is 4.79 Å². The number of amides is 1. The summed E-state index contributed by atoms with van der Waals surface area (Å²) in [5.41, 5.74) is 6.60. The molecule has 3 rings (SSSR count). The number of carbonyl (C=O) groups excluding carboxylic acids is 1. The number of nitrogens with one attached hydrogen (secondary N) is 1. The van der Waals surface area contributed by atoms with Crippen LogP contribution in [-0.4, -0.2) is 21.7 Å². The largest absolute Gasteiger partial charge is 0.366 e. The molecule has 1 aliphatic carbocycles. The lowest BCUT2D eigenvalue weighted by Gasteiger charge is -2.11. The first-order valence-corrected chi connectivity index (χ1v) is 6.51. The van der Waals surface area contributed by atoms with Gasteiger partial charge in [0.25, 0.3) is 5.91 Å². The molecule has 104 valence electrons. The Morgan fingerprint density at radius 3 is 2.95 bits per heavy atom. The number of halogens is 1. The molecule has 0 bridgehead atoms. The Kier molecular flexibility index (Phi) is 3.23. The summed E-state index contributed by atoms with van der Waals surface area (Å²) in [4.78, 5) is 11.1. The summed E-state index contributed by atoms with van der Waals surface area (Å²) in [5.74, 6) is -0.954. The second-order valence-corrected chi connectivity index (χ2v) is 4.94. The average molecular weight is 274 g/mol. The highest BCUT2D eigenvalue weighted by Crippen LogP contribution is 2.22. The molecule has 0 saturated heterocycles. The molecular formula is C14H15FN4O. The molecule has 0 atom stereocenters. The number of carbonyl (C=O) groups is 1. The van der Waals surface area contributed by atoms with Gasteiger partial charge >= 0.3 is 0 Å². The smallest absolute Gasteiger partial charge is 0.251 e. The molecule has 0 aliphatic heterocycles. The first-order chi connectivity index (χ1) is 9.65. The molecule has 6 heteroatoms. The quantitative estimate of drug-likeness (QED) is 0.864. The van der Waals surface area contributed by atoms with Gasteiger partial charge in [-0.25, -0.2) is 9.07 Å². The van der Waals surface area contributed by atoms with E-state index in [1.165, 1.54) is 23.1 Å². The van der Waals surface area contributed by atoms with Crippen LogP contribution in [0.5, 0.6) is 0 Å². The summed E-state index contributed by atoms with van der Waals surface area (Å²) >= 11 is 0. The molecule has 1 aliphatic rings. The maximum absolute atomic E-state index is 14.1. The third-order valence-corrected chi connectivity index (χ3v) is 3.33. The molecular weight excluding hydrogens is 259 g/mol. The van der Waals surface area contributed by atoms with Crippen molar-refractivity contribution in [1.82, 2.24) is 15.1 Å². The van der Waals surface area contributed by atoms with Gasteiger partial charge in [0, 0.05) is 18.8 Å². The van der Waals surface area contributed by atoms with Crippen molar-refractivity contribution in [3.05, 3.63) is 47.5 Å². The van der Waals surface area contributed by atoms with E-state index in [2.05, 4.69) is 10.4 Å². The molecule has 1 aromatic heterocycles. The van der Waals surface area contributed by atoms with Crippen LogP contribution >= 0.6 is 0 Å². The van der Waals surface area contributed by atoms with Crippen LogP contribution in [0.1, 0.15) is 28.8 Å². The highest BCUT2D eigenvalue weighted by molar-refractivity contribution is 5.92. The molecule has 1 aromatic carbocycles. The maximum atomic E-state index is 14.1. The Morgan fingerprint density at radius 1 is 1.50 bits per heavy atom. The van der Waals surface area contributed by atoms with E-state index in [1.807, 2.05) is 6.07 Å². The molecule has 0 unspecified atom stereocenters. The lowest BCUT2D eigenvalue weighted by molar-refractivity contribution is 0.100. The van der Waals surface area contributed by atoms with Crippen molar-refractivity contribution in [2.24, 2.45) is 5.73 Å². The first-order valence-electron chi connectivity index (χ1n) is 6.51. The van der Waals surface area contributed by atoms with Gasteiger partial charge in [-0.05, 0) is 24.5 Å². The monoisotopic (exact) mass is 274 g/mol. The predicted octanol–water partition coefficient (Wildman–Crippen LogP) is 1.36. The van der Waals surface area contributed by atoms with Crippen molar-refractivity contribution in [2.75, 3.05) is 0 Å². The first kappa shape index (κ1) is 12.8. The molecule has 0 spiro atoms. The summed E-state index contributed by atoms with van der Waals surface area (Å²) in [6.07, 6.45) is 5.12. The van der Waals surface area contributed by atoms with Crippen LogP contribution < -0.4 is 11.1 Å². The third-order valence-electron chi connectivity index (χ3n) is 3.33. The SMILES string of the molecule is NC(=O)c1cnn(-c2c(F)cccc2CNC2CC2)c1. The van der Waals surface area contributed by atoms with Crippen molar-refractivity contribution in [3.63, 3.8) is 0 Å². The molecule has 20 heavy (non-hydrogen) atoms. The predicted molar refractivity (Wildman–Crippen MR) is 71.9 cm³/mol. The van der Waals surface area contributed by atoms with Gasteiger partial charge in [-0.2, -0.15) is 5.10 Å². The van der Waals surface area contributed by atoms with Gasteiger partial charge in [0.1, 0.15) is 11.5 Å². The number of hydrogen-bond donors (Lipinski definition) is 2. The van der Waals surface area contributed by atoms with Crippen LogP contribution in [0.15, 0.2) is 30.6 Å². The standard InChI is InChI=1S/C14H15FN4O/c15-12-3-1-2-9(6-17-11-4-5-11)13(12)19-8-10(7-18-19)14(16)20/h1-3,7-8,11,17H,4-6H2,(H2,16,20). The number of hydrogen-bond acceptors (Lipinski definition) is 3. The Hall–Kier alpha value is -2.21. The Bertz CT molecular complexity index is 648. The van der Waals surface area contributed by atoms with E-state index in [0.717, 1.165) is 18.4 Å². The fraction of sp³-hybridized carbons (Fsp3) is 0.286. The molecule has 3 N–H and O–H groups in total. The van der Waals surface area contributed by atoms with Gasteiger partial charge in [-0.15, -0.1) is 0 Å². The summed E-state index contributed by atoms with van der Waals surface area (Å²) in [6, 6.07) is 5.42. The number of aromatic nitrogens is 2. The minimum absolute atomic E-state index is 0.259. The van der Waals surface area contributed by atoms with Crippen molar-refractivity contribution in [2.45, 2.75) is 25.4 Å². The van der Waals surface area contributed by atoms with Crippen LogP contribution in [0, 0.1) is 5.82 Å². The zero-order chi connectivity index (χ0) is 14.1. The highest BCUT2D eigenvalue weighted by Gasteiger charge is 2.21. The van der Waals surface area contributed by atoms with Crippen molar-refractivity contribution in [1.29, 1.82) is 0 Å². The van der Waals surface area contributed by atoms with Crippen LogP contribution in [0.25, 0.3) is 5.69 Å². The minimum Gasteiger partial charge on any atom is -0.366 e. The molecule has 0 radical (unpaired) electrons. The lowest BCUT2D eigenvalue weighted by Crippen LogP contribution is -2.17. The summed E-state index contributed by atoms with van der Waals surface area (Å²) < 4.78 is 15.4. The molecule has 1 amide bonds. The second kappa shape index (κ2) is 5.05. The molecule has 1 fully saturated rings. The van der Waals surface area contributed by atoms with Gasteiger partial charge in [-0.1, -0.05) is 12.1 Å². The van der Waals surface area contributed by atoms with E-state index >= 15 is 0 Å². The van der Waals surface area contributed by atoms with Gasteiger partial charge in [0.15, 0.2) is 0 Å². The van der Waals surface area contributed by atoms with Crippen molar-refractivity contribution < 1.29 is 9.18 Å². The van der Waals surface area contributed by atoms with E-state index in [9.17, 15) is 9.18 Å². The van der Waals surface area contributed by atoms with Gasteiger partial charge < -0.3 is 11.1 Å². The van der Waals surface area contributed by atoms with E-state index in [1.54, 1.807) is 6.07 Å². The third kappa shape index (κ3) is 2.55. The number of nitrogens with zero attached hydrogens (tertiary/aromatic N) is 2. The van der Waals surface area contributed by atoms with Crippen LogP contribution in [0.2, 0.25) is 0 Å². The van der Waals surface area contributed by atoms with E-state index in [4.69, 9.17) is 5.73 Å². The number of benzene rings is 1. The van der Waals surface area contributed by atoms with E-state index < -0.39 is 5.91 Å². The van der Waals surface area contributed by atoms with Crippen molar-refractivity contribution >= 4 is 5.91 Å². The minimum atomic E-state index is -0.578. The van der Waals surface area contributed by atoms with E-state index in [0.29, 0.717) is 18.3 Å². The molecule has 2 aromatic rings. The van der Waals surface area contributed by atoms with Crippen molar-refractivity contribution in [3.8, 4) is 5.69 Å². The average Bonchev–Trinajstić information content (AvgIpc) is 3.12. The highest BCUT2D eigenvalue weighted by atomic mass is 19.1. The van der Waals surface area contributed by atoms with Crippen LogP contribution in [0.4, 0.5) is 4.39 Å². The number of nitrogens with two attached hydrogens (primary N) is 1. The Labute approximate surface area is 115 Å². The molecule has 5 nitrogen and oxygen atoms in total. The van der Waals surface area contributed by atoms with E-state index in [-0.39, 0.29) is 11.4 Å². The fourth-order valence-corrected chi connectivity index (χ4v) is 2.07. The zero-order valence-electron chi connectivity index (χ0n) is 10.8. The Morgan fingerprint density at radius 2 is 2.30 bits per heavy atom. The lowest BCUT2D eigenvalue weighted by atomic mass is 10.1. The van der Waals surface area contributed by atoms with Gasteiger partial charge in [0.05, 0.1) is 11.8 Å². The normalized spacial score (nSPS) is 14.4. The number of para-hydroxylation sites is 1. The zero-order valence-corrected chi connectivity index (χ0v) is 10.8. The fourth-order valence-electron chi connectivity index (χ4n) is 2.07. The summed E-state index contributed by atoms with van der Waals surface area (Å²) in [6.45, 7) is 0.573. The Balaban J connectivity index is 1.94. The maximum Gasteiger partial charge on any atom is 0.251 e. The summed E-state index contributed by atoms with van der Waals surface area (Å²) in [7, 11) is 0. The topological polar surface area (TPSA) is 72.9 Å². The van der Waals surface area contributed by atoms with Crippen LogP contribution in [0.3, 0.4) is 0 Å².